The number of benzene rings is 1. The Morgan fingerprint density at radius 2 is 1.96 bits per heavy atom. The molecule has 2 aromatic rings. The number of nitrogens with zero attached hydrogens (tertiary/aromatic N) is 2. The largest absolute Gasteiger partial charge is 0.393 e. The number of hydrogen-bond donors (Lipinski definition) is 1. The molecule has 1 aliphatic carbocycles. The van der Waals surface area contributed by atoms with Crippen LogP contribution in [0.2, 0.25) is 0 Å². The first kappa shape index (κ1) is 18.0. The van der Waals surface area contributed by atoms with Crippen LogP contribution in [-0.2, 0) is 13.0 Å². The fourth-order valence-corrected chi connectivity index (χ4v) is 4.17. The van der Waals surface area contributed by atoms with Crippen LogP contribution in [-0.4, -0.2) is 27.7 Å². The van der Waals surface area contributed by atoms with E-state index in [1.165, 1.54) is 18.2 Å². The first-order valence-electron chi connectivity index (χ1n) is 9.25. The molecule has 1 amide bonds. The second-order valence-electron chi connectivity index (χ2n) is 7.33. The lowest BCUT2D eigenvalue weighted by molar-refractivity contribution is -0.187. The van der Waals surface area contributed by atoms with Crippen LogP contribution < -0.4 is 10.9 Å². The lowest BCUT2D eigenvalue weighted by atomic mass is 9.84. The zero-order chi connectivity index (χ0) is 19.2. The SMILES string of the molecule is O=C(NC1CCCCC1C(F)(F)F)c1ccc2c(=O)n3c(nc2c1)CCC3. The van der Waals surface area contributed by atoms with Gasteiger partial charge in [0.25, 0.3) is 11.5 Å². The molecule has 2 atom stereocenters. The van der Waals surface area contributed by atoms with E-state index in [1.54, 1.807) is 4.57 Å². The molecule has 1 N–H and O–H groups in total. The highest BCUT2D eigenvalue weighted by atomic mass is 19.4. The third kappa shape index (κ3) is 3.33. The number of fused-ring (bicyclic) bond motifs is 2. The molecule has 8 heteroatoms. The number of alkyl halides is 3. The van der Waals surface area contributed by atoms with E-state index < -0.39 is 24.0 Å². The van der Waals surface area contributed by atoms with Gasteiger partial charge >= 0.3 is 6.18 Å². The highest BCUT2D eigenvalue weighted by Crippen LogP contribution is 2.37. The molecule has 1 fully saturated rings. The van der Waals surface area contributed by atoms with E-state index in [-0.39, 0.29) is 17.5 Å². The van der Waals surface area contributed by atoms with Crippen LogP contribution in [0.15, 0.2) is 23.0 Å². The maximum atomic E-state index is 13.2. The van der Waals surface area contributed by atoms with Crippen molar-refractivity contribution < 1.29 is 18.0 Å². The fourth-order valence-electron chi connectivity index (χ4n) is 4.17. The third-order valence-electron chi connectivity index (χ3n) is 5.58. The van der Waals surface area contributed by atoms with Crippen LogP contribution in [0.5, 0.6) is 0 Å². The molecule has 2 heterocycles. The average molecular weight is 379 g/mol. The predicted molar refractivity (Wildman–Crippen MR) is 93.6 cm³/mol. The Morgan fingerprint density at radius 3 is 2.74 bits per heavy atom. The van der Waals surface area contributed by atoms with Crippen LogP contribution in [0.3, 0.4) is 0 Å². The van der Waals surface area contributed by atoms with Crippen molar-refractivity contribution in [1.82, 2.24) is 14.9 Å². The molecule has 4 rings (SSSR count). The number of amides is 1. The molecule has 2 unspecified atom stereocenters. The Kier molecular flexibility index (Phi) is 4.44. The second-order valence-corrected chi connectivity index (χ2v) is 7.33. The quantitative estimate of drug-likeness (QED) is 0.872. The van der Waals surface area contributed by atoms with Crippen molar-refractivity contribution >= 4 is 16.8 Å². The van der Waals surface area contributed by atoms with E-state index in [0.717, 1.165) is 6.42 Å². The molecule has 1 aromatic heterocycles. The maximum absolute atomic E-state index is 13.2. The van der Waals surface area contributed by atoms with E-state index >= 15 is 0 Å². The summed E-state index contributed by atoms with van der Waals surface area (Å²) in [6.45, 7) is 0.639. The van der Waals surface area contributed by atoms with Crippen molar-refractivity contribution in [1.29, 1.82) is 0 Å². The van der Waals surface area contributed by atoms with Gasteiger partial charge in [0.2, 0.25) is 0 Å². The third-order valence-corrected chi connectivity index (χ3v) is 5.58. The number of aromatic nitrogens is 2. The molecule has 27 heavy (non-hydrogen) atoms. The molecule has 1 saturated carbocycles. The zero-order valence-electron chi connectivity index (χ0n) is 14.7. The van der Waals surface area contributed by atoms with Crippen molar-refractivity contribution in [2.24, 2.45) is 5.92 Å². The standard InChI is InChI=1S/C19H20F3N3O2/c20-19(21,22)13-4-1-2-5-14(13)24-17(26)11-7-8-12-15(10-11)23-16-6-3-9-25(16)18(12)27/h7-8,10,13-14H,1-6,9H2,(H,24,26). The minimum atomic E-state index is -4.32. The molecule has 144 valence electrons. The van der Waals surface area contributed by atoms with Gasteiger partial charge in [0.1, 0.15) is 5.82 Å². The Hall–Kier alpha value is -2.38. The topological polar surface area (TPSA) is 64.0 Å². The molecule has 5 nitrogen and oxygen atoms in total. The number of halogens is 3. The Bertz CT molecular complexity index is 952. The fraction of sp³-hybridized carbons (Fsp3) is 0.526. The summed E-state index contributed by atoms with van der Waals surface area (Å²) < 4.78 is 41.3. The zero-order valence-corrected chi connectivity index (χ0v) is 14.7. The Balaban J connectivity index is 1.61. The van der Waals surface area contributed by atoms with Gasteiger partial charge in [-0.1, -0.05) is 12.8 Å². The van der Waals surface area contributed by atoms with E-state index in [9.17, 15) is 22.8 Å². The van der Waals surface area contributed by atoms with E-state index in [0.29, 0.717) is 49.0 Å². The lowest BCUT2D eigenvalue weighted by Gasteiger charge is -2.33. The molecular formula is C19H20F3N3O2. The van der Waals surface area contributed by atoms with Crippen LogP contribution in [0.1, 0.15) is 48.3 Å². The predicted octanol–water partition coefficient (Wildman–Crippen LogP) is 3.19. The molecule has 1 aliphatic heterocycles. The smallest absolute Gasteiger partial charge is 0.349 e. The minimum Gasteiger partial charge on any atom is -0.349 e. The van der Waals surface area contributed by atoms with E-state index in [2.05, 4.69) is 10.3 Å². The van der Waals surface area contributed by atoms with Crippen LogP contribution in [0.4, 0.5) is 13.2 Å². The summed E-state index contributed by atoms with van der Waals surface area (Å²) in [5.74, 6) is -1.38. The summed E-state index contributed by atoms with van der Waals surface area (Å²) in [4.78, 5) is 29.5. The molecule has 2 aliphatic rings. The van der Waals surface area contributed by atoms with Gasteiger partial charge in [0, 0.05) is 24.6 Å². The van der Waals surface area contributed by atoms with Crippen molar-refractivity contribution in [2.45, 2.75) is 57.3 Å². The van der Waals surface area contributed by atoms with Crippen molar-refractivity contribution in [3.63, 3.8) is 0 Å². The lowest BCUT2D eigenvalue weighted by Crippen LogP contribution is -2.47. The van der Waals surface area contributed by atoms with E-state index in [1.807, 2.05) is 0 Å². The first-order chi connectivity index (χ1) is 12.8. The van der Waals surface area contributed by atoms with Gasteiger partial charge in [-0.3, -0.25) is 14.2 Å². The van der Waals surface area contributed by atoms with Crippen molar-refractivity contribution in [2.75, 3.05) is 0 Å². The van der Waals surface area contributed by atoms with Crippen LogP contribution >= 0.6 is 0 Å². The summed E-state index contributed by atoms with van der Waals surface area (Å²) in [7, 11) is 0. The average Bonchev–Trinajstić information content (AvgIpc) is 3.09. The normalized spacial score (nSPS) is 22.6. The summed E-state index contributed by atoms with van der Waals surface area (Å²) in [5, 5.41) is 2.97. The van der Waals surface area contributed by atoms with E-state index in [4.69, 9.17) is 0 Å². The summed E-state index contributed by atoms with van der Waals surface area (Å²) in [6, 6.07) is 3.60. The monoisotopic (exact) mass is 379 g/mol. The highest BCUT2D eigenvalue weighted by molar-refractivity contribution is 5.97. The number of nitrogens with one attached hydrogen (secondary N) is 1. The van der Waals surface area contributed by atoms with Gasteiger partial charge in [-0.05, 0) is 37.5 Å². The summed E-state index contributed by atoms with van der Waals surface area (Å²) >= 11 is 0. The molecule has 0 bridgehead atoms. The number of hydrogen-bond acceptors (Lipinski definition) is 3. The second kappa shape index (κ2) is 6.65. The van der Waals surface area contributed by atoms with Crippen LogP contribution in [0, 0.1) is 5.92 Å². The van der Waals surface area contributed by atoms with Gasteiger partial charge in [0.05, 0.1) is 16.8 Å². The number of carbonyl (C=O) groups excluding carboxylic acids is 1. The number of rotatable bonds is 2. The highest BCUT2D eigenvalue weighted by Gasteiger charge is 2.46. The Morgan fingerprint density at radius 1 is 1.19 bits per heavy atom. The summed E-state index contributed by atoms with van der Waals surface area (Å²) in [5.41, 5.74) is 0.504. The first-order valence-corrected chi connectivity index (χ1v) is 9.25. The van der Waals surface area contributed by atoms with Crippen molar-refractivity contribution in [3.8, 4) is 0 Å². The van der Waals surface area contributed by atoms with Gasteiger partial charge in [-0.15, -0.1) is 0 Å². The molecule has 0 spiro atoms. The summed E-state index contributed by atoms with van der Waals surface area (Å²) in [6.07, 6.45) is -1.22. The van der Waals surface area contributed by atoms with Gasteiger partial charge in [0.15, 0.2) is 0 Å². The number of carbonyl (C=O) groups is 1. The van der Waals surface area contributed by atoms with Crippen LogP contribution in [0.25, 0.3) is 10.9 Å². The molecular weight excluding hydrogens is 359 g/mol. The van der Waals surface area contributed by atoms with Crippen molar-refractivity contribution in [3.05, 3.63) is 39.9 Å². The minimum absolute atomic E-state index is 0.0383. The maximum Gasteiger partial charge on any atom is 0.393 e. The van der Waals surface area contributed by atoms with Gasteiger partial charge in [-0.2, -0.15) is 13.2 Å². The molecule has 0 radical (unpaired) electrons. The number of aryl methyl sites for hydroxylation is 1. The van der Waals surface area contributed by atoms with Gasteiger partial charge in [-0.25, -0.2) is 4.98 Å². The Labute approximate surface area is 153 Å². The molecule has 1 aromatic carbocycles. The molecule has 0 saturated heterocycles. The van der Waals surface area contributed by atoms with Gasteiger partial charge < -0.3 is 5.32 Å².